The van der Waals surface area contributed by atoms with Crippen LogP contribution in [0.1, 0.15) is 16.8 Å². The van der Waals surface area contributed by atoms with Crippen molar-refractivity contribution >= 4 is 5.91 Å². The number of β-amino-alcohol motifs (C(OH)–C–C–N with tert-alkyl or cyclic N) is 1. The minimum Gasteiger partial charge on any atom is -0.507 e. The molecule has 2 N–H and O–H groups in total. The zero-order valence-corrected chi connectivity index (χ0v) is 12.6. The van der Waals surface area contributed by atoms with Crippen LogP contribution in [0.2, 0.25) is 0 Å². The molecule has 1 aliphatic rings. The molecule has 0 aliphatic carbocycles. The number of hydrogen-bond acceptors (Lipinski definition) is 5. The molecule has 1 saturated heterocycles. The first-order valence-electron chi connectivity index (χ1n) is 6.93. The number of carbonyl (C=O) groups excluding carboxylic acids is 1. The molecule has 2 atom stereocenters. The normalized spacial score (nSPS) is 21.9. The largest absolute Gasteiger partial charge is 0.507 e. The fourth-order valence-corrected chi connectivity index (χ4v) is 2.70. The lowest BCUT2D eigenvalue weighted by Gasteiger charge is -2.27. The number of methoxy groups -OCH3 is 1. The fraction of sp³-hybridized carbons (Fsp3) is 0.533. The van der Waals surface area contributed by atoms with E-state index in [9.17, 15) is 15.0 Å². The van der Waals surface area contributed by atoms with Crippen molar-refractivity contribution in [2.24, 2.45) is 0 Å². The number of nitrogens with zero attached hydrogens (tertiary/aromatic N) is 2. The summed E-state index contributed by atoms with van der Waals surface area (Å²) in [4.78, 5) is 16.3. The van der Waals surface area contributed by atoms with Gasteiger partial charge in [0.2, 0.25) is 0 Å². The molecule has 6 nitrogen and oxygen atoms in total. The smallest absolute Gasteiger partial charge is 0.258 e. The maximum atomic E-state index is 12.7. The van der Waals surface area contributed by atoms with E-state index in [2.05, 4.69) is 0 Å². The Morgan fingerprint density at radius 1 is 1.48 bits per heavy atom. The van der Waals surface area contributed by atoms with E-state index in [1.54, 1.807) is 11.0 Å². The molecule has 6 heteroatoms. The lowest BCUT2D eigenvalue weighted by Crippen LogP contribution is -2.41. The van der Waals surface area contributed by atoms with Crippen molar-refractivity contribution in [2.75, 3.05) is 34.3 Å². The topological polar surface area (TPSA) is 73.2 Å². The van der Waals surface area contributed by atoms with E-state index < -0.39 is 6.10 Å². The van der Waals surface area contributed by atoms with Crippen LogP contribution in [0.3, 0.4) is 0 Å². The van der Waals surface area contributed by atoms with Crippen molar-refractivity contribution in [2.45, 2.75) is 18.6 Å². The van der Waals surface area contributed by atoms with Crippen molar-refractivity contribution in [1.29, 1.82) is 0 Å². The van der Waals surface area contributed by atoms with Gasteiger partial charge in [-0.1, -0.05) is 0 Å². The van der Waals surface area contributed by atoms with Crippen LogP contribution in [-0.2, 0) is 0 Å². The summed E-state index contributed by atoms with van der Waals surface area (Å²) < 4.78 is 5.10. The Morgan fingerprint density at radius 3 is 2.81 bits per heavy atom. The molecule has 1 fully saturated rings. The van der Waals surface area contributed by atoms with Gasteiger partial charge in [0.1, 0.15) is 11.5 Å². The quantitative estimate of drug-likeness (QED) is 0.848. The van der Waals surface area contributed by atoms with Crippen molar-refractivity contribution in [3.63, 3.8) is 0 Å². The van der Waals surface area contributed by atoms with Gasteiger partial charge in [-0.25, -0.2) is 0 Å². The second-order valence-electron chi connectivity index (χ2n) is 5.65. The Kier molecular flexibility index (Phi) is 4.69. The van der Waals surface area contributed by atoms with Crippen LogP contribution in [0, 0.1) is 0 Å². The summed E-state index contributed by atoms with van der Waals surface area (Å²) in [5.74, 6) is 0.153. The number of likely N-dealkylation sites (tertiary alicyclic amines) is 1. The minimum absolute atomic E-state index is 0.0619. The number of phenolic OH excluding ortho intramolecular Hbond substituents is 1. The summed E-state index contributed by atoms with van der Waals surface area (Å²) >= 11 is 0. The SMILES string of the molecule is COc1ccc(O)c(C(=O)N2CC(O)CC2CN(C)C)c1. The number of ether oxygens (including phenoxy) is 1. The Balaban J connectivity index is 2.25. The Labute approximate surface area is 124 Å². The molecular weight excluding hydrogens is 272 g/mol. The third-order valence-corrected chi connectivity index (χ3v) is 3.66. The molecular formula is C15H22N2O4. The maximum Gasteiger partial charge on any atom is 0.258 e. The Hall–Kier alpha value is -1.79. The highest BCUT2D eigenvalue weighted by Gasteiger charge is 2.35. The average Bonchev–Trinajstić information content (AvgIpc) is 2.78. The van der Waals surface area contributed by atoms with Crippen LogP contribution in [0.15, 0.2) is 18.2 Å². The molecule has 1 heterocycles. The van der Waals surface area contributed by atoms with Gasteiger partial charge in [-0.05, 0) is 38.7 Å². The molecule has 0 saturated carbocycles. The zero-order valence-electron chi connectivity index (χ0n) is 12.6. The summed E-state index contributed by atoms with van der Waals surface area (Å²) in [6.07, 6.45) is 0.0286. The number of likely N-dealkylation sites (N-methyl/N-ethyl adjacent to an activating group) is 1. The third-order valence-electron chi connectivity index (χ3n) is 3.66. The summed E-state index contributed by atoms with van der Waals surface area (Å²) in [6.45, 7) is 0.960. The molecule has 0 spiro atoms. The number of rotatable bonds is 4. The number of carbonyl (C=O) groups is 1. The highest BCUT2D eigenvalue weighted by Crippen LogP contribution is 2.28. The van der Waals surface area contributed by atoms with E-state index in [-0.39, 0.29) is 29.8 Å². The number of amides is 1. The minimum atomic E-state index is -0.522. The van der Waals surface area contributed by atoms with Crippen LogP contribution >= 0.6 is 0 Å². The Bertz CT molecular complexity index is 518. The first kappa shape index (κ1) is 15.6. The number of hydrogen-bond donors (Lipinski definition) is 2. The van der Waals surface area contributed by atoms with Crippen LogP contribution < -0.4 is 4.74 Å². The summed E-state index contributed by atoms with van der Waals surface area (Å²) in [7, 11) is 5.36. The van der Waals surface area contributed by atoms with Gasteiger partial charge in [-0.3, -0.25) is 4.79 Å². The van der Waals surface area contributed by atoms with E-state index >= 15 is 0 Å². The van der Waals surface area contributed by atoms with Gasteiger partial charge in [-0.15, -0.1) is 0 Å². The second-order valence-corrected chi connectivity index (χ2v) is 5.65. The van der Waals surface area contributed by atoms with Crippen LogP contribution in [0.25, 0.3) is 0 Å². The zero-order chi connectivity index (χ0) is 15.6. The number of benzene rings is 1. The number of aliphatic hydroxyl groups excluding tert-OH is 1. The summed E-state index contributed by atoms with van der Waals surface area (Å²) in [5, 5.41) is 19.8. The van der Waals surface area contributed by atoms with Gasteiger partial charge in [-0.2, -0.15) is 0 Å². The van der Waals surface area contributed by atoms with E-state index in [1.165, 1.54) is 19.2 Å². The fourth-order valence-electron chi connectivity index (χ4n) is 2.70. The second kappa shape index (κ2) is 6.32. The molecule has 21 heavy (non-hydrogen) atoms. The number of aliphatic hydroxyl groups is 1. The first-order chi connectivity index (χ1) is 9.92. The maximum absolute atomic E-state index is 12.7. The number of phenols is 1. The van der Waals surface area contributed by atoms with Crippen molar-refractivity contribution in [3.05, 3.63) is 23.8 Å². The van der Waals surface area contributed by atoms with Crippen molar-refractivity contribution < 1.29 is 19.7 Å². The van der Waals surface area contributed by atoms with E-state index in [0.717, 1.165) is 0 Å². The highest BCUT2D eigenvalue weighted by molar-refractivity contribution is 5.97. The van der Waals surface area contributed by atoms with Crippen molar-refractivity contribution in [3.8, 4) is 11.5 Å². The molecule has 1 aromatic rings. The molecule has 2 unspecified atom stereocenters. The predicted octanol–water partition coefficient (Wildman–Crippen LogP) is 0.538. The first-order valence-corrected chi connectivity index (χ1v) is 6.93. The molecule has 0 radical (unpaired) electrons. The molecule has 0 bridgehead atoms. The van der Waals surface area contributed by atoms with Gasteiger partial charge >= 0.3 is 0 Å². The monoisotopic (exact) mass is 294 g/mol. The predicted molar refractivity (Wildman–Crippen MR) is 78.7 cm³/mol. The van der Waals surface area contributed by atoms with Crippen LogP contribution in [0.4, 0.5) is 0 Å². The van der Waals surface area contributed by atoms with Crippen LogP contribution in [-0.4, -0.2) is 72.4 Å². The molecule has 1 aliphatic heterocycles. The van der Waals surface area contributed by atoms with E-state index in [1.807, 2.05) is 19.0 Å². The lowest BCUT2D eigenvalue weighted by molar-refractivity contribution is 0.0695. The molecule has 2 rings (SSSR count). The average molecular weight is 294 g/mol. The van der Waals surface area contributed by atoms with Gasteiger partial charge in [0.25, 0.3) is 5.91 Å². The van der Waals surface area contributed by atoms with E-state index in [4.69, 9.17) is 4.74 Å². The van der Waals surface area contributed by atoms with Gasteiger partial charge in [0.15, 0.2) is 0 Å². The number of aromatic hydroxyl groups is 1. The summed E-state index contributed by atoms with van der Waals surface area (Å²) in [5.41, 5.74) is 0.201. The lowest BCUT2D eigenvalue weighted by atomic mass is 10.1. The Morgan fingerprint density at radius 2 is 2.19 bits per heavy atom. The van der Waals surface area contributed by atoms with Gasteiger partial charge < -0.3 is 24.7 Å². The van der Waals surface area contributed by atoms with Gasteiger partial charge in [0, 0.05) is 19.1 Å². The molecule has 0 aromatic heterocycles. The molecule has 1 aromatic carbocycles. The van der Waals surface area contributed by atoms with E-state index in [0.29, 0.717) is 18.7 Å². The standard InChI is InChI=1S/C15H22N2O4/c1-16(2)8-10-6-11(18)9-17(10)15(20)13-7-12(21-3)4-5-14(13)19/h4-5,7,10-11,18-19H,6,8-9H2,1-3H3. The highest BCUT2D eigenvalue weighted by atomic mass is 16.5. The summed E-state index contributed by atoms with van der Waals surface area (Å²) in [6, 6.07) is 4.50. The van der Waals surface area contributed by atoms with Crippen LogP contribution in [0.5, 0.6) is 11.5 Å². The molecule has 1 amide bonds. The van der Waals surface area contributed by atoms with Gasteiger partial charge in [0.05, 0.1) is 18.8 Å². The van der Waals surface area contributed by atoms with Crippen molar-refractivity contribution in [1.82, 2.24) is 9.80 Å². The molecule has 116 valence electrons. The third kappa shape index (κ3) is 3.46.